The smallest absolute Gasteiger partial charge is 0.500 e. The molecule has 0 saturated carbocycles. The lowest BCUT2D eigenvalue weighted by molar-refractivity contribution is 0.0959. The van der Waals surface area contributed by atoms with E-state index in [1.807, 2.05) is 6.92 Å². The van der Waals surface area contributed by atoms with E-state index in [1.165, 1.54) is 0 Å². The van der Waals surface area contributed by atoms with E-state index >= 15 is 0 Å². The van der Waals surface area contributed by atoms with Gasteiger partial charge in [0.15, 0.2) is 0 Å². The predicted octanol–water partition coefficient (Wildman–Crippen LogP) is 5.67. The van der Waals surface area contributed by atoms with Gasteiger partial charge in [-0.1, -0.05) is 48.5 Å². The average Bonchev–Trinajstić information content (AvgIpc) is 2.65. The third-order valence-corrected chi connectivity index (χ3v) is 14.5. The van der Waals surface area contributed by atoms with Gasteiger partial charge in [0.05, 0.1) is 0 Å². The van der Waals surface area contributed by atoms with Gasteiger partial charge in [0.25, 0.3) is 8.32 Å². The van der Waals surface area contributed by atoms with Gasteiger partial charge >= 0.3 is 14.9 Å². The topological polar surface area (TPSA) is 57.2 Å². The summed E-state index contributed by atoms with van der Waals surface area (Å²) in [6.07, 6.45) is 1.50. The molecular formula is C20H45NO5Si2. The zero-order valence-electron chi connectivity index (χ0n) is 20.0. The lowest BCUT2D eigenvalue weighted by Gasteiger charge is -2.42. The van der Waals surface area contributed by atoms with Gasteiger partial charge in [-0.2, -0.15) is 0 Å². The third-order valence-electron chi connectivity index (χ3n) is 5.67. The Labute approximate surface area is 175 Å². The highest BCUT2D eigenvalue weighted by molar-refractivity contribution is 6.78. The van der Waals surface area contributed by atoms with E-state index in [0.29, 0.717) is 42.4 Å². The highest BCUT2D eigenvalue weighted by Crippen LogP contribution is 2.42. The summed E-state index contributed by atoms with van der Waals surface area (Å²) in [6.45, 7) is 19.1. The largest absolute Gasteiger partial charge is 0.503 e. The van der Waals surface area contributed by atoms with Crippen LogP contribution in [0.1, 0.15) is 68.2 Å². The van der Waals surface area contributed by atoms with E-state index in [9.17, 15) is 4.79 Å². The van der Waals surface area contributed by atoms with Gasteiger partial charge in [0.1, 0.15) is 0 Å². The van der Waals surface area contributed by atoms with Crippen molar-refractivity contribution in [3.8, 4) is 0 Å². The van der Waals surface area contributed by atoms with Gasteiger partial charge in [-0.25, -0.2) is 4.79 Å². The molecule has 0 rings (SSSR count). The Hall–Kier alpha value is -0.416. The van der Waals surface area contributed by atoms with Crippen LogP contribution in [0.5, 0.6) is 0 Å². The Morgan fingerprint density at radius 2 is 1.43 bits per heavy atom. The fourth-order valence-corrected chi connectivity index (χ4v) is 11.4. The van der Waals surface area contributed by atoms with Crippen LogP contribution in [0.25, 0.3) is 0 Å². The van der Waals surface area contributed by atoms with E-state index < -0.39 is 17.1 Å². The number of carbonyl (C=O) groups excluding carboxylic acids is 1. The van der Waals surface area contributed by atoms with Crippen molar-refractivity contribution in [2.45, 2.75) is 90.9 Å². The number of carbonyl (C=O) groups is 1. The predicted molar refractivity (Wildman–Crippen MR) is 120 cm³/mol. The van der Waals surface area contributed by atoms with Crippen molar-refractivity contribution >= 4 is 23.2 Å². The average molecular weight is 436 g/mol. The van der Waals surface area contributed by atoms with Crippen molar-refractivity contribution in [1.82, 2.24) is 4.90 Å². The Balaban J connectivity index is 5.09. The van der Waals surface area contributed by atoms with Crippen LogP contribution in [0.4, 0.5) is 4.79 Å². The highest BCUT2D eigenvalue weighted by Gasteiger charge is 2.49. The molecule has 0 fully saturated rings. The monoisotopic (exact) mass is 435 g/mol. The first-order chi connectivity index (χ1) is 13.1. The van der Waals surface area contributed by atoms with Gasteiger partial charge in [0.2, 0.25) is 0 Å². The van der Waals surface area contributed by atoms with Crippen LogP contribution in [0.15, 0.2) is 0 Å². The molecule has 0 unspecified atom stereocenters. The summed E-state index contributed by atoms with van der Waals surface area (Å²) in [7, 11) is -1.59. The molecule has 0 aromatic carbocycles. The molecule has 6 nitrogen and oxygen atoms in total. The molecule has 0 aliphatic carbocycles. The molecule has 0 heterocycles. The standard InChI is InChI=1S/C20H45NO5Si2/c1-11-15-25-27(23-9,24-10)16-13-14-21(12-2)20(22)26-28(17(3)4,18(5)6)19(7)8/h17-19H,11-16H2,1-10H3. The zero-order chi connectivity index (χ0) is 22.0. The van der Waals surface area contributed by atoms with Crippen LogP contribution in [-0.2, 0) is 17.7 Å². The Bertz CT molecular complexity index is 421. The van der Waals surface area contributed by atoms with Crippen LogP contribution in [-0.4, -0.2) is 62.0 Å². The molecule has 0 aliphatic heterocycles. The number of rotatable bonds is 14. The quantitative estimate of drug-likeness (QED) is 0.329. The minimum Gasteiger partial charge on any atom is -0.503 e. The molecule has 28 heavy (non-hydrogen) atoms. The molecule has 0 radical (unpaired) electrons. The van der Waals surface area contributed by atoms with Crippen molar-refractivity contribution in [1.29, 1.82) is 0 Å². The second-order valence-corrected chi connectivity index (χ2v) is 16.7. The molecule has 0 saturated heterocycles. The van der Waals surface area contributed by atoms with Crippen LogP contribution in [0, 0.1) is 0 Å². The van der Waals surface area contributed by atoms with Gasteiger partial charge in [-0.05, 0) is 36.4 Å². The van der Waals surface area contributed by atoms with Crippen LogP contribution in [0.3, 0.4) is 0 Å². The summed E-state index contributed by atoms with van der Waals surface area (Å²) in [6, 6.07) is 0.685. The number of amides is 1. The first-order valence-electron chi connectivity index (χ1n) is 10.8. The van der Waals surface area contributed by atoms with Crippen molar-refractivity contribution in [3.05, 3.63) is 0 Å². The molecule has 8 heteroatoms. The number of hydrogen-bond donors (Lipinski definition) is 0. The molecule has 0 aromatic heterocycles. The minimum absolute atomic E-state index is 0.179. The van der Waals surface area contributed by atoms with Gasteiger partial charge in [-0.15, -0.1) is 0 Å². The molecule has 0 N–H and O–H groups in total. The SMILES string of the molecule is CCCO[Si](CCCN(CC)C(=O)O[Si](C(C)C)(C(C)C)C(C)C)(OC)OC. The third kappa shape index (κ3) is 7.13. The molecule has 0 spiro atoms. The molecule has 168 valence electrons. The second kappa shape index (κ2) is 13.0. The number of hydrogen-bond acceptors (Lipinski definition) is 5. The molecular weight excluding hydrogens is 390 g/mol. The van der Waals surface area contributed by atoms with Crippen molar-refractivity contribution in [2.75, 3.05) is 33.9 Å². The second-order valence-electron chi connectivity index (χ2n) is 8.31. The molecule has 0 aliphatic rings. The molecule has 0 atom stereocenters. The fourth-order valence-electron chi connectivity index (χ4n) is 4.17. The summed E-state index contributed by atoms with van der Waals surface area (Å²) in [5.41, 5.74) is 1.12. The fraction of sp³-hybridized carbons (Fsp3) is 0.950. The first kappa shape index (κ1) is 27.6. The Morgan fingerprint density at radius 1 is 0.929 bits per heavy atom. The van der Waals surface area contributed by atoms with Crippen LogP contribution >= 0.6 is 0 Å². The maximum Gasteiger partial charge on any atom is 0.500 e. The minimum atomic E-state index is -2.65. The van der Waals surface area contributed by atoms with E-state index in [2.05, 4.69) is 48.5 Å². The molecule has 1 amide bonds. The maximum atomic E-state index is 13.0. The van der Waals surface area contributed by atoms with E-state index in [4.69, 9.17) is 17.7 Å². The van der Waals surface area contributed by atoms with Gasteiger partial charge in [-0.3, -0.25) is 0 Å². The maximum absolute atomic E-state index is 13.0. The normalized spacial score (nSPS) is 12.9. The van der Waals surface area contributed by atoms with E-state index in [0.717, 1.165) is 12.8 Å². The van der Waals surface area contributed by atoms with Gasteiger partial charge in [0, 0.05) is 40.0 Å². The van der Waals surface area contributed by atoms with E-state index in [1.54, 1.807) is 19.1 Å². The summed E-state index contributed by atoms with van der Waals surface area (Å²) in [4.78, 5) is 14.8. The first-order valence-corrected chi connectivity index (χ1v) is 14.9. The summed E-state index contributed by atoms with van der Waals surface area (Å²) >= 11 is 0. The molecule has 0 aromatic rings. The van der Waals surface area contributed by atoms with Crippen LogP contribution < -0.4 is 0 Å². The van der Waals surface area contributed by atoms with Gasteiger partial charge < -0.3 is 22.6 Å². The summed E-state index contributed by atoms with van der Waals surface area (Å²) in [5.74, 6) is 0. The lowest BCUT2D eigenvalue weighted by Crippen LogP contribution is -2.52. The lowest BCUT2D eigenvalue weighted by atomic mass is 10.4. The van der Waals surface area contributed by atoms with E-state index in [-0.39, 0.29) is 6.09 Å². The summed E-state index contributed by atoms with van der Waals surface area (Å²) in [5, 5.41) is 0. The number of nitrogens with zero attached hydrogens (tertiary/aromatic N) is 1. The Morgan fingerprint density at radius 3 is 1.79 bits per heavy atom. The Kier molecular flexibility index (Phi) is 12.8. The van der Waals surface area contributed by atoms with Crippen LogP contribution in [0.2, 0.25) is 22.7 Å². The van der Waals surface area contributed by atoms with Crippen molar-refractivity contribution in [3.63, 3.8) is 0 Å². The van der Waals surface area contributed by atoms with Crippen molar-refractivity contribution < 1.29 is 22.5 Å². The zero-order valence-corrected chi connectivity index (χ0v) is 22.0. The summed E-state index contributed by atoms with van der Waals surface area (Å²) < 4.78 is 23.4. The highest BCUT2D eigenvalue weighted by atomic mass is 28.4. The van der Waals surface area contributed by atoms with Crippen molar-refractivity contribution in [2.24, 2.45) is 0 Å². The molecule has 0 bridgehead atoms.